The van der Waals surface area contributed by atoms with Crippen molar-refractivity contribution < 1.29 is 14.0 Å². The molecule has 0 atom stereocenters. The van der Waals surface area contributed by atoms with E-state index < -0.39 is 23.2 Å². The van der Waals surface area contributed by atoms with E-state index in [-0.39, 0.29) is 28.3 Å². The Kier molecular flexibility index (Phi) is 3.04. The summed E-state index contributed by atoms with van der Waals surface area (Å²) in [5.41, 5.74) is 5.40. The molecule has 1 aliphatic rings. The van der Waals surface area contributed by atoms with Gasteiger partial charge in [-0.15, -0.1) is 0 Å². The Morgan fingerprint density at radius 1 is 1.12 bits per heavy atom. The minimum absolute atomic E-state index is 0.0858. The monoisotopic (exact) mass is 339 g/mol. The Balaban J connectivity index is 1.91. The standard InChI is InChI=1S/C16H10FN5O3/c17-10-6-8(2-3-11(10)21-5-1-4-19-21)22-12(23)7-9-13(14(22)18)16(25)20-15(9)24/h1-7H,18H2,(H,20,24,25). The number of nitrogens with two attached hydrogens (primary N) is 1. The summed E-state index contributed by atoms with van der Waals surface area (Å²) in [6, 6.07) is 6.66. The lowest BCUT2D eigenvalue weighted by molar-refractivity contribution is 0.0880. The number of carbonyl (C=O) groups excluding carboxylic acids is 2. The van der Waals surface area contributed by atoms with Crippen LogP contribution in [0.25, 0.3) is 11.4 Å². The molecule has 9 heteroatoms. The second-order valence-corrected chi connectivity index (χ2v) is 5.36. The fourth-order valence-electron chi connectivity index (χ4n) is 2.78. The van der Waals surface area contributed by atoms with Gasteiger partial charge in [-0.25, -0.2) is 9.07 Å². The van der Waals surface area contributed by atoms with Crippen LogP contribution in [0.4, 0.5) is 10.2 Å². The van der Waals surface area contributed by atoms with Gasteiger partial charge in [0.1, 0.15) is 11.5 Å². The number of rotatable bonds is 2. The summed E-state index contributed by atoms with van der Waals surface area (Å²) >= 11 is 0. The Bertz CT molecular complexity index is 1100. The van der Waals surface area contributed by atoms with Gasteiger partial charge in [-0.05, 0) is 18.2 Å². The summed E-state index contributed by atoms with van der Waals surface area (Å²) in [6.45, 7) is 0. The summed E-state index contributed by atoms with van der Waals surface area (Å²) in [7, 11) is 0. The van der Waals surface area contributed by atoms with Gasteiger partial charge >= 0.3 is 0 Å². The molecule has 1 aromatic carbocycles. The number of pyridine rings is 1. The van der Waals surface area contributed by atoms with Gasteiger partial charge in [-0.3, -0.25) is 24.3 Å². The summed E-state index contributed by atoms with van der Waals surface area (Å²) in [6.07, 6.45) is 3.08. The third-order valence-corrected chi connectivity index (χ3v) is 3.89. The minimum Gasteiger partial charge on any atom is -0.384 e. The number of nitrogens with zero attached hydrogens (tertiary/aromatic N) is 3. The number of nitrogen functional groups attached to an aromatic ring is 1. The molecule has 2 amide bonds. The molecule has 1 aliphatic heterocycles. The lowest BCUT2D eigenvalue weighted by Crippen LogP contribution is -2.24. The highest BCUT2D eigenvalue weighted by atomic mass is 19.1. The van der Waals surface area contributed by atoms with E-state index in [4.69, 9.17) is 5.73 Å². The molecule has 3 heterocycles. The fraction of sp³-hybridized carbons (Fsp3) is 0. The molecular formula is C16H10FN5O3. The SMILES string of the molecule is Nc1c2c(cc(=O)n1-c1ccc(-n3cccn3)c(F)c1)C(=O)NC2=O. The number of nitrogens with one attached hydrogen (secondary N) is 1. The van der Waals surface area contributed by atoms with Crippen LogP contribution < -0.4 is 16.6 Å². The van der Waals surface area contributed by atoms with Crippen LogP contribution in [0, 0.1) is 5.82 Å². The zero-order chi connectivity index (χ0) is 17.7. The number of benzene rings is 1. The van der Waals surface area contributed by atoms with Crippen LogP contribution in [0.15, 0.2) is 47.5 Å². The summed E-state index contributed by atoms with van der Waals surface area (Å²) in [5.74, 6) is -2.23. The van der Waals surface area contributed by atoms with E-state index in [0.717, 1.165) is 16.7 Å². The van der Waals surface area contributed by atoms with Gasteiger partial charge in [0.25, 0.3) is 17.4 Å². The van der Waals surface area contributed by atoms with Crippen LogP contribution in [0.1, 0.15) is 20.7 Å². The van der Waals surface area contributed by atoms with Crippen molar-refractivity contribution in [3.8, 4) is 11.4 Å². The predicted molar refractivity (Wildman–Crippen MR) is 85.3 cm³/mol. The normalized spacial score (nSPS) is 13.0. The van der Waals surface area contributed by atoms with Gasteiger partial charge in [0.2, 0.25) is 0 Å². The first-order valence-electron chi connectivity index (χ1n) is 7.18. The largest absolute Gasteiger partial charge is 0.384 e. The van der Waals surface area contributed by atoms with Gasteiger partial charge in [0.05, 0.1) is 16.8 Å². The van der Waals surface area contributed by atoms with E-state index in [2.05, 4.69) is 10.4 Å². The molecule has 0 unspecified atom stereocenters. The lowest BCUT2D eigenvalue weighted by atomic mass is 10.1. The fourth-order valence-corrected chi connectivity index (χ4v) is 2.78. The Hall–Kier alpha value is -3.75. The molecule has 0 bridgehead atoms. The van der Waals surface area contributed by atoms with Gasteiger partial charge in [0, 0.05) is 24.5 Å². The molecule has 0 saturated carbocycles. The molecular weight excluding hydrogens is 329 g/mol. The van der Waals surface area contributed by atoms with Crippen molar-refractivity contribution in [2.24, 2.45) is 0 Å². The number of halogens is 1. The van der Waals surface area contributed by atoms with Gasteiger partial charge < -0.3 is 5.73 Å². The van der Waals surface area contributed by atoms with Crippen molar-refractivity contribution in [2.75, 3.05) is 5.73 Å². The number of hydrogen-bond acceptors (Lipinski definition) is 5. The second kappa shape index (κ2) is 5.13. The number of fused-ring (bicyclic) bond motifs is 1. The Morgan fingerprint density at radius 2 is 1.92 bits per heavy atom. The van der Waals surface area contributed by atoms with Gasteiger partial charge in [-0.1, -0.05) is 0 Å². The molecule has 0 saturated heterocycles. The number of amides is 2. The molecule has 3 aromatic rings. The Morgan fingerprint density at radius 3 is 2.60 bits per heavy atom. The second-order valence-electron chi connectivity index (χ2n) is 5.36. The van der Waals surface area contributed by atoms with Crippen molar-refractivity contribution in [3.05, 3.63) is 70.0 Å². The number of imide groups is 1. The van der Waals surface area contributed by atoms with E-state index in [1.54, 1.807) is 12.3 Å². The molecule has 8 nitrogen and oxygen atoms in total. The molecule has 0 fully saturated rings. The smallest absolute Gasteiger partial charge is 0.262 e. The third-order valence-electron chi connectivity index (χ3n) is 3.89. The molecule has 2 aromatic heterocycles. The highest BCUT2D eigenvalue weighted by molar-refractivity contribution is 6.23. The molecule has 4 rings (SSSR count). The van der Waals surface area contributed by atoms with Crippen molar-refractivity contribution in [3.63, 3.8) is 0 Å². The molecule has 124 valence electrons. The Labute approximate surface area is 139 Å². The van der Waals surface area contributed by atoms with Crippen LogP contribution >= 0.6 is 0 Å². The van der Waals surface area contributed by atoms with Crippen LogP contribution in [0.3, 0.4) is 0 Å². The van der Waals surface area contributed by atoms with Crippen molar-refractivity contribution in [1.29, 1.82) is 0 Å². The topological polar surface area (TPSA) is 112 Å². The van der Waals surface area contributed by atoms with Crippen molar-refractivity contribution >= 4 is 17.6 Å². The first-order chi connectivity index (χ1) is 12.0. The quantitative estimate of drug-likeness (QED) is 0.665. The van der Waals surface area contributed by atoms with Crippen molar-refractivity contribution in [2.45, 2.75) is 0 Å². The van der Waals surface area contributed by atoms with Crippen LogP contribution in [0.5, 0.6) is 0 Å². The number of anilines is 1. The van der Waals surface area contributed by atoms with Crippen LogP contribution in [-0.4, -0.2) is 26.2 Å². The zero-order valence-corrected chi connectivity index (χ0v) is 12.6. The molecule has 0 radical (unpaired) electrons. The predicted octanol–water partition coefficient (Wildman–Crippen LogP) is 0.628. The molecule has 25 heavy (non-hydrogen) atoms. The first-order valence-corrected chi connectivity index (χ1v) is 7.18. The summed E-state index contributed by atoms with van der Waals surface area (Å²) < 4.78 is 16.7. The number of carbonyl (C=O) groups is 2. The van der Waals surface area contributed by atoms with Crippen molar-refractivity contribution in [1.82, 2.24) is 19.7 Å². The van der Waals surface area contributed by atoms with E-state index >= 15 is 0 Å². The molecule has 0 spiro atoms. The van der Waals surface area contributed by atoms with E-state index in [1.165, 1.54) is 23.0 Å². The van der Waals surface area contributed by atoms with Gasteiger partial charge in [-0.2, -0.15) is 5.10 Å². The molecule has 3 N–H and O–H groups in total. The van der Waals surface area contributed by atoms with E-state index in [1.807, 2.05) is 0 Å². The maximum absolute atomic E-state index is 14.4. The van der Waals surface area contributed by atoms with Crippen LogP contribution in [0.2, 0.25) is 0 Å². The lowest BCUT2D eigenvalue weighted by Gasteiger charge is -2.13. The highest BCUT2D eigenvalue weighted by Gasteiger charge is 2.31. The zero-order valence-electron chi connectivity index (χ0n) is 12.6. The first kappa shape index (κ1) is 14.8. The van der Waals surface area contributed by atoms with E-state index in [9.17, 15) is 18.8 Å². The van der Waals surface area contributed by atoms with Gasteiger partial charge in [0.15, 0.2) is 5.82 Å². The number of aromatic nitrogens is 3. The summed E-state index contributed by atoms with van der Waals surface area (Å²) in [4.78, 5) is 35.8. The highest BCUT2D eigenvalue weighted by Crippen LogP contribution is 2.24. The van der Waals surface area contributed by atoms with Crippen LogP contribution in [-0.2, 0) is 0 Å². The number of hydrogen-bond donors (Lipinski definition) is 2. The maximum atomic E-state index is 14.4. The summed E-state index contributed by atoms with van der Waals surface area (Å²) in [5, 5.41) is 6.02. The van der Waals surface area contributed by atoms with E-state index in [0.29, 0.717) is 0 Å². The molecule has 0 aliphatic carbocycles. The third kappa shape index (κ3) is 2.13. The maximum Gasteiger partial charge on any atom is 0.262 e. The minimum atomic E-state index is -0.695. The average Bonchev–Trinajstić information content (AvgIpc) is 3.16. The average molecular weight is 339 g/mol.